The largest absolute Gasteiger partial charge is 0.300 e. The maximum Gasteiger partial charge on any atom is 0.258 e. The second kappa shape index (κ2) is 8.40. The summed E-state index contributed by atoms with van der Waals surface area (Å²) >= 11 is 1.40. The van der Waals surface area contributed by atoms with Crippen LogP contribution in [-0.4, -0.2) is 32.7 Å². The Morgan fingerprint density at radius 2 is 1.72 bits per heavy atom. The molecule has 152 valence electrons. The molecule has 5 nitrogen and oxygen atoms in total. The molecule has 1 heterocycles. The third-order valence-corrected chi connectivity index (χ3v) is 6.91. The molecular weight excluding hydrogens is 418 g/mol. The average molecular weight is 437 g/mol. The van der Waals surface area contributed by atoms with Crippen molar-refractivity contribution in [2.75, 3.05) is 19.0 Å². The first-order chi connectivity index (χ1) is 13.7. The highest BCUT2D eigenvalue weighted by atomic mass is 32.2. The molecule has 0 saturated carbocycles. The van der Waals surface area contributed by atoms with Crippen molar-refractivity contribution in [3.63, 3.8) is 0 Å². The third-order valence-electron chi connectivity index (χ3n) is 4.22. The SMILES string of the molecule is CN(C)S(=O)(=O)c1ccc(C(=O)N(Cc2cccs2)c2ccc(F)cc2F)cc1. The van der Waals surface area contributed by atoms with Crippen molar-refractivity contribution < 1.29 is 22.0 Å². The molecule has 0 aliphatic rings. The zero-order valence-corrected chi connectivity index (χ0v) is 17.3. The van der Waals surface area contributed by atoms with Gasteiger partial charge in [-0.25, -0.2) is 21.5 Å². The van der Waals surface area contributed by atoms with E-state index in [1.54, 1.807) is 6.07 Å². The quantitative estimate of drug-likeness (QED) is 0.584. The van der Waals surface area contributed by atoms with Crippen molar-refractivity contribution in [2.45, 2.75) is 11.4 Å². The molecule has 0 unspecified atom stereocenters. The van der Waals surface area contributed by atoms with Gasteiger partial charge in [0.15, 0.2) is 0 Å². The Labute approximate surface area is 171 Å². The Morgan fingerprint density at radius 3 is 2.28 bits per heavy atom. The van der Waals surface area contributed by atoms with Crippen LogP contribution in [-0.2, 0) is 16.6 Å². The fraction of sp³-hybridized carbons (Fsp3) is 0.150. The molecule has 0 aliphatic carbocycles. The van der Waals surface area contributed by atoms with Gasteiger partial charge in [0.1, 0.15) is 11.6 Å². The normalized spacial score (nSPS) is 11.6. The summed E-state index contributed by atoms with van der Waals surface area (Å²) in [5.41, 5.74) is 0.123. The first kappa shape index (κ1) is 21.1. The molecular formula is C20H18F2N2O3S2. The lowest BCUT2D eigenvalue weighted by molar-refractivity contribution is 0.0984. The van der Waals surface area contributed by atoms with E-state index in [1.165, 1.54) is 60.7 Å². The van der Waals surface area contributed by atoms with Crippen molar-refractivity contribution in [2.24, 2.45) is 0 Å². The van der Waals surface area contributed by atoms with Gasteiger partial charge < -0.3 is 4.90 Å². The molecule has 0 bridgehead atoms. The molecule has 0 atom stereocenters. The lowest BCUT2D eigenvalue weighted by atomic mass is 10.1. The van der Waals surface area contributed by atoms with E-state index in [0.29, 0.717) is 0 Å². The zero-order chi connectivity index (χ0) is 21.2. The topological polar surface area (TPSA) is 57.7 Å². The predicted octanol–water partition coefficient (Wildman–Crippen LogP) is 4.12. The van der Waals surface area contributed by atoms with Gasteiger partial charge in [-0.05, 0) is 47.8 Å². The lowest BCUT2D eigenvalue weighted by Gasteiger charge is -2.23. The van der Waals surface area contributed by atoms with Crippen LogP contribution in [0.25, 0.3) is 0 Å². The highest BCUT2D eigenvalue weighted by Crippen LogP contribution is 2.26. The number of carbonyl (C=O) groups excluding carboxylic acids is 1. The summed E-state index contributed by atoms with van der Waals surface area (Å²) in [6.45, 7) is 0.0940. The van der Waals surface area contributed by atoms with E-state index in [9.17, 15) is 22.0 Å². The summed E-state index contributed by atoms with van der Waals surface area (Å²) in [5, 5.41) is 1.83. The van der Waals surface area contributed by atoms with Gasteiger partial charge in [-0.15, -0.1) is 11.3 Å². The lowest BCUT2D eigenvalue weighted by Crippen LogP contribution is -2.31. The Kier molecular flexibility index (Phi) is 6.11. The number of hydrogen-bond donors (Lipinski definition) is 0. The molecule has 0 aliphatic heterocycles. The molecule has 0 N–H and O–H groups in total. The standard InChI is InChI=1S/C20H18F2N2O3S2/c1-23(2)29(26,27)17-8-5-14(6-9-17)20(25)24(13-16-4-3-11-28-16)19-10-7-15(21)12-18(19)22/h3-12H,13H2,1-2H3. The van der Waals surface area contributed by atoms with Crippen molar-refractivity contribution in [1.29, 1.82) is 0 Å². The van der Waals surface area contributed by atoms with E-state index in [0.717, 1.165) is 21.3 Å². The molecule has 9 heteroatoms. The molecule has 2 aromatic carbocycles. The van der Waals surface area contributed by atoms with Gasteiger partial charge >= 0.3 is 0 Å². The maximum atomic E-state index is 14.4. The van der Waals surface area contributed by atoms with Crippen LogP contribution in [0.4, 0.5) is 14.5 Å². The van der Waals surface area contributed by atoms with Gasteiger partial charge in [0, 0.05) is 30.6 Å². The van der Waals surface area contributed by atoms with Crippen LogP contribution in [0, 0.1) is 11.6 Å². The Bertz CT molecular complexity index is 1110. The number of hydrogen-bond acceptors (Lipinski definition) is 4. The number of halogens is 2. The van der Waals surface area contributed by atoms with E-state index in [4.69, 9.17) is 0 Å². The summed E-state index contributed by atoms with van der Waals surface area (Å²) in [6.07, 6.45) is 0. The molecule has 1 amide bonds. The maximum absolute atomic E-state index is 14.4. The van der Waals surface area contributed by atoms with E-state index >= 15 is 0 Å². The predicted molar refractivity (Wildman–Crippen MR) is 109 cm³/mol. The van der Waals surface area contributed by atoms with E-state index < -0.39 is 27.6 Å². The van der Waals surface area contributed by atoms with Gasteiger partial charge in [0.05, 0.1) is 17.1 Å². The summed E-state index contributed by atoms with van der Waals surface area (Å²) in [6, 6.07) is 12.0. The van der Waals surface area contributed by atoms with Crippen LogP contribution >= 0.6 is 11.3 Å². The first-order valence-electron chi connectivity index (χ1n) is 8.52. The Hall–Kier alpha value is -2.62. The smallest absolute Gasteiger partial charge is 0.258 e. The van der Waals surface area contributed by atoms with Crippen LogP contribution in [0.15, 0.2) is 64.9 Å². The summed E-state index contributed by atoms with van der Waals surface area (Å²) in [7, 11) is -0.813. The summed E-state index contributed by atoms with van der Waals surface area (Å²) in [4.78, 5) is 15.2. The second-order valence-electron chi connectivity index (χ2n) is 6.38. The minimum Gasteiger partial charge on any atom is -0.300 e. The Balaban J connectivity index is 1.98. The van der Waals surface area contributed by atoms with Crippen LogP contribution < -0.4 is 4.90 Å². The van der Waals surface area contributed by atoms with Gasteiger partial charge in [-0.3, -0.25) is 4.79 Å². The number of thiophene rings is 1. The minimum atomic E-state index is -3.64. The van der Waals surface area contributed by atoms with Crippen LogP contribution in [0.2, 0.25) is 0 Å². The molecule has 0 spiro atoms. The van der Waals surface area contributed by atoms with Crippen molar-refractivity contribution in [1.82, 2.24) is 4.31 Å². The van der Waals surface area contributed by atoms with Gasteiger partial charge in [0.2, 0.25) is 10.0 Å². The summed E-state index contributed by atoms with van der Waals surface area (Å²) in [5.74, 6) is -2.13. The fourth-order valence-electron chi connectivity index (χ4n) is 2.66. The van der Waals surface area contributed by atoms with Crippen molar-refractivity contribution >= 4 is 33.0 Å². The number of rotatable bonds is 6. The van der Waals surface area contributed by atoms with Gasteiger partial charge in [0.25, 0.3) is 5.91 Å². The van der Waals surface area contributed by atoms with Crippen molar-refractivity contribution in [3.05, 3.63) is 82.1 Å². The average Bonchev–Trinajstić information content (AvgIpc) is 3.19. The number of anilines is 1. The fourth-order valence-corrected chi connectivity index (χ4v) is 4.26. The first-order valence-corrected chi connectivity index (χ1v) is 10.8. The number of benzene rings is 2. The molecule has 0 saturated heterocycles. The van der Waals surface area contributed by atoms with Crippen molar-refractivity contribution in [3.8, 4) is 0 Å². The van der Waals surface area contributed by atoms with E-state index in [2.05, 4.69) is 0 Å². The van der Waals surface area contributed by atoms with E-state index in [-0.39, 0.29) is 22.7 Å². The van der Waals surface area contributed by atoms with Gasteiger partial charge in [-0.2, -0.15) is 0 Å². The molecule has 0 fully saturated rings. The zero-order valence-electron chi connectivity index (χ0n) is 15.7. The van der Waals surface area contributed by atoms with Crippen LogP contribution in [0.5, 0.6) is 0 Å². The minimum absolute atomic E-state index is 0.0387. The van der Waals surface area contributed by atoms with Crippen LogP contribution in [0.3, 0.4) is 0 Å². The molecule has 0 radical (unpaired) electrons. The highest BCUT2D eigenvalue weighted by Gasteiger charge is 2.23. The van der Waals surface area contributed by atoms with E-state index in [1.807, 2.05) is 11.4 Å². The molecule has 3 aromatic rings. The molecule has 29 heavy (non-hydrogen) atoms. The molecule has 1 aromatic heterocycles. The number of carbonyl (C=O) groups is 1. The van der Waals surface area contributed by atoms with Crippen LogP contribution in [0.1, 0.15) is 15.2 Å². The third kappa shape index (κ3) is 4.52. The number of amides is 1. The van der Waals surface area contributed by atoms with Gasteiger partial charge in [-0.1, -0.05) is 6.07 Å². The number of sulfonamides is 1. The second-order valence-corrected chi connectivity index (χ2v) is 9.56. The summed E-state index contributed by atoms with van der Waals surface area (Å²) < 4.78 is 53.2. The molecule has 3 rings (SSSR count). The Morgan fingerprint density at radius 1 is 1.03 bits per heavy atom. The monoisotopic (exact) mass is 436 g/mol. The highest BCUT2D eigenvalue weighted by molar-refractivity contribution is 7.89. The number of nitrogens with zero attached hydrogens (tertiary/aromatic N) is 2.